The molecule has 5 nitrogen and oxygen atoms in total. The summed E-state index contributed by atoms with van der Waals surface area (Å²) in [6.45, 7) is 30.9. The average molecular weight is 781 g/mol. The van der Waals surface area contributed by atoms with Crippen molar-refractivity contribution in [3.05, 3.63) is 34.9 Å². The minimum Gasteiger partial charge on any atom is -0.400 e. The van der Waals surface area contributed by atoms with Gasteiger partial charge in [0.2, 0.25) is 0 Å². The fraction of sp³-hybridized carbons (Fsp3) is 0.850. The van der Waals surface area contributed by atoms with E-state index in [0.29, 0.717) is 34.8 Å². The second kappa shape index (κ2) is 17.8. The van der Waals surface area contributed by atoms with Gasteiger partial charge >= 0.3 is 0 Å². The molecule has 2 saturated carbocycles. The lowest BCUT2D eigenvalue weighted by Crippen LogP contribution is -2.58. The van der Waals surface area contributed by atoms with Crippen molar-refractivity contribution < 1.29 is 22.8 Å². The van der Waals surface area contributed by atoms with E-state index >= 15 is 0 Å². The average Bonchev–Trinajstić information content (AvgIpc) is 3.44. The first-order valence-corrected chi connectivity index (χ1v) is 29.5. The maximum Gasteiger partial charge on any atom is 0.161 e. The van der Waals surface area contributed by atoms with Gasteiger partial charge in [-0.25, -0.2) is 0 Å². The fourth-order valence-electron chi connectivity index (χ4n) is 11.2. The fourth-order valence-corrected chi connectivity index (χ4v) is 16.2. The Morgan fingerprint density at radius 1 is 0.880 bits per heavy atom. The molecule has 0 aliphatic heterocycles. The van der Waals surface area contributed by atoms with Gasteiger partial charge < -0.3 is 22.8 Å². The lowest BCUT2D eigenvalue weighted by molar-refractivity contribution is -0.164. The van der Waals surface area contributed by atoms with Crippen LogP contribution in [0.25, 0.3) is 0 Å². The highest BCUT2D eigenvalue weighted by Gasteiger charge is 2.62. The third-order valence-corrected chi connectivity index (χ3v) is 18.2. The maximum absolute atomic E-state index is 11.0. The minimum absolute atomic E-state index is 0.0514. The van der Waals surface area contributed by atoms with Crippen molar-refractivity contribution in [2.75, 3.05) is 5.75 Å². The van der Waals surface area contributed by atoms with E-state index in [4.69, 9.17) is 17.7 Å². The van der Waals surface area contributed by atoms with Crippen LogP contribution >= 0.6 is 11.8 Å². The molecule has 4 rings (SSSR count). The summed E-state index contributed by atoms with van der Waals surface area (Å²) in [5.41, 5.74) is 5.02. The second-order valence-corrected chi connectivity index (χ2v) is 22.6. The van der Waals surface area contributed by atoms with E-state index in [1.54, 1.807) is 16.7 Å². The molecule has 0 spiro atoms. The van der Waals surface area contributed by atoms with Gasteiger partial charge in [-0.15, -0.1) is 0 Å². The highest BCUT2D eigenvalue weighted by molar-refractivity contribution is 8.00. The van der Waals surface area contributed by atoms with E-state index in [2.05, 4.69) is 107 Å². The number of fused-ring (bicyclic) bond motifs is 5. The molecule has 0 saturated heterocycles. The van der Waals surface area contributed by atoms with Crippen molar-refractivity contribution in [3.63, 3.8) is 0 Å². The number of rotatable bonds is 19. The van der Waals surface area contributed by atoms with Crippen LogP contribution in [0, 0.1) is 51.2 Å². The Balaban J connectivity index is 1.71. The summed E-state index contributed by atoms with van der Waals surface area (Å²) in [6.07, 6.45) is 15.3. The Kier molecular flexibility index (Phi) is 15.3. The highest BCUT2D eigenvalue weighted by Crippen LogP contribution is 2.69. The molecule has 0 aromatic carbocycles. The number of thioether (sulfide) groups is 1. The van der Waals surface area contributed by atoms with Gasteiger partial charge in [-0.2, -0.15) is 11.8 Å². The molecule has 1 N–H and O–H groups in total. The smallest absolute Gasteiger partial charge is 0.161 e. The Morgan fingerprint density at radius 3 is 1.98 bits per heavy atom. The molecule has 0 amide bonds. The van der Waals surface area contributed by atoms with Crippen LogP contribution in [-0.4, -0.2) is 73.8 Å². The van der Waals surface area contributed by atoms with Gasteiger partial charge in [0.1, 0.15) is 12.6 Å². The van der Waals surface area contributed by atoms with Crippen LogP contribution in [-0.2, 0) is 17.7 Å². The first-order chi connectivity index (χ1) is 23.6. The zero-order chi connectivity index (χ0) is 37.1. The Hall–Kier alpha value is 0.238. The van der Waals surface area contributed by atoms with Crippen LogP contribution < -0.4 is 0 Å². The summed E-state index contributed by atoms with van der Waals surface area (Å²) in [7, 11) is -2.48. The quantitative estimate of drug-likeness (QED) is 0.0835. The third kappa shape index (κ3) is 8.11. The molecule has 288 valence electrons. The number of hydrogen-bond donors (Lipinski definition) is 1. The van der Waals surface area contributed by atoms with Gasteiger partial charge in [0.15, 0.2) is 39.1 Å². The number of aliphatic hydroxyl groups excluding tert-OH is 1. The van der Waals surface area contributed by atoms with E-state index in [-0.39, 0.29) is 40.3 Å². The largest absolute Gasteiger partial charge is 0.400 e. The zero-order valence-corrected chi connectivity index (χ0v) is 40.9. The molecule has 2 fully saturated rings. The normalized spacial score (nSPS) is 33.3. The van der Waals surface area contributed by atoms with Gasteiger partial charge in [-0.3, -0.25) is 0 Å². The third-order valence-electron chi connectivity index (χ3n) is 14.3. The highest BCUT2D eigenvalue weighted by atomic mass is 32.2. The van der Waals surface area contributed by atoms with Crippen molar-refractivity contribution in [1.82, 2.24) is 0 Å². The predicted octanol–water partition coefficient (Wildman–Crippen LogP) is 7.47. The topological polar surface area (TPSA) is 57.2 Å². The Bertz CT molecular complexity index is 1210. The van der Waals surface area contributed by atoms with E-state index in [9.17, 15) is 5.11 Å². The molecular formula is C40H76O5SSi4. The standard InChI is InChI=1S/C40H76O5SSi4/c1-14-26(15-2)33(41)24-46-25(3)30-18-19-31-29-17-16-27-22-28(37(4,5)35(42-47-10)43-48-11)23-34(38(6,7)36(44-49-12)45-50-13)40(27,9)32(29)20-21-39(30,31)8/h16-18,25-26,28,31-36,41H,14-15,19-24,47-50H2,1-13H3/t25?,28?,31-,32-,33?,34?,39+,40-/m0/s1. The van der Waals surface area contributed by atoms with E-state index < -0.39 is 39.1 Å². The van der Waals surface area contributed by atoms with E-state index in [1.165, 1.54) is 12.8 Å². The lowest BCUT2D eigenvalue weighted by Gasteiger charge is -2.63. The summed E-state index contributed by atoms with van der Waals surface area (Å²) < 4.78 is 26.3. The predicted molar refractivity (Wildman–Crippen MR) is 227 cm³/mol. The molecule has 0 aromatic rings. The Labute approximate surface area is 321 Å². The molecule has 0 radical (unpaired) electrons. The van der Waals surface area contributed by atoms with Crippen molar-refractivity contribution in [2.45, 2.75) is 157 Å². The molecule has 0 bridgehead atoms. The van der Waals surface area contributed by atoms with Gasteiger partial charge in [0.05, 0.1) is 6.10 Å². The molecule has 0 aromatic heterocycles. The number of allylic oxidation sites excluding steroid dienone is 5. The van der Waals surface area contributed by atoms with Crippen LogP contribution in [0.1, 0.15) is 107 Å². The second-order valence-electron chi connectivity index (χ2n) is 17.5. The monoisotopic (exact) mass is 780 g/mol. The van der Waals surface area contributed by atoms with Crippen LogP contribution in [0.2, 0.25) is 26.2 Å². The molecule has 4 aliphatic carbocycles. The first-order valence-electron chi connectivity index (χ1n) is 20.5. The SMILES string of the molecule is CCC(CC)C(O)CSC(C)C1=CC[C@H]2C3=CC=C4CC(C(C)(C)C(O[SiH2]C)O[SiH2]C)CC(C(C)(C)C(O[SiH2]C)O[SiH2]C)[C@]4(C)[C@H]3CC[C@]12C. The van der Waals surface area contributed by atoms with Crippen LogP contribution in [0.15, 0.2) is 34.9 Å². The molecule has 8 atom stereocenters. The molecule has 0 heterocycles. The maximum atomic E-state index is 11.0. The molecule has 50 heavy (non-hydrogen) atoms. The molecule has 10 heteroatoms. The Morgan fingerprint density at radius 2 is 1.44 bits per heavy atom. The molecular weight excluding hydrogens is 705 g/mol. The summed E-state index contributed by atoms with van der Waals surface area (Å²) in [5, 5.41) is 11.4. The van der Waals surface area contributed by atoms with Crippen molar-refractivity contribution in [2.24, 2.45) is 51.2 Å². The van der Waals surface area contributed by atoms with Crippen LogP contribution in [0.5, 0.6) is 0 Å². The van der Waals surface area contributed by atoms with Crippen molar-refractivity contribution in [1.29, 1.82) is 0 Å². The van der Waals surface area contributed by atoms with Crippen molar-refractivity contribution >= 4 is 50.8 Å². The summed E-state index contributed by atoms with van der Waals surface area (Å²) in [6, 6.07) is 0. The number of aliphatic hydroxyl groups is 1. The summed E-state index contributed by atoms with van der Waals surface area (Å²) in [5.74, 6) is 3.21. The number of hydrogen-bond acceptors (Lipinski definition) is 6. The van der Waals surface area contributed by atoms with Crippen LogP contribution in [0.3, 0.4) is 0 Å². The van der Waals surface area contributed by atoms with E-state index in [1.807, 2.05) is 11.8 Å². The molecule has 4 unspecified atom stereocenters. The van der Waals surface area contributed by atoms with E-state index in [0.717, 1.165) is 37.9 Å². The summed E-state index contributed by atoms with van der Waals surface area (Å²) in [4.78, 5) is 0. The first kappa shape index (κ1) is 43.0. The zero-order valence-electron chi connectivity index (χ0n) is 34.4. The van der Waals surface area contributed by atoms with Gasteiger partial charge in [-0.05, 0) is 79.4 Å². The van der Waals surface area contributed by atoms with Gasteiger partial charge in [-0.1, -0.05) is 129 Å². The molecule has 4 aliphatic rings. The van der Waals surface area contributed by atoms with Gasteiger partial charge in [0, 0.05) is 21.8 Å². The van der Waals surface area contributed by atoms with Crippen molar-refractivity contribution in [3.8, 4) is 0 Å². The van der Waals surface area contributed by atoms with Crippen LogP contribution in [0.4, 0.5) is 0 Å². The van der Waals surface area contributed by atoms with Gasteiger partial charge in [0.25, 0.3) is 0 Å². The lowest BCUT2D eigenvalue weighted by atomic mass is 9.43. The minimum atomic E-state index is -0.639. The summed E-state index contributed by atoms with van der Waals surface area (Å²) >= 11 is 1.98.